The molecule has 1 N–H and O–H groups in total. The summed E-state index contributed by atoms with van der Waals surface area (Å²) in [6, 6.07) is 9.21. The minimum absolute atomic E-state index is 0.619. The van der Waals surface area contributed by atoms with Crippen LogP contribution in [0.25, 0.3) is 0 Å². The third-order valence-electron chi connectivity index (χ3n) is 5.09. The van der Waals surface area contributed by atoms with E-state index in [4.69, 9.17) is 4.74 Å². The zero-order chi connectivity index (χ0) is 15.1. The van der Waals surface area contributed by atoms with Crippen molar-refractivity contribution < 1.29 is 4.74 Å². The Morgan fingerprint density at radius 1 is 1.14 bits per heavy atom. The first-order valence-corrected chi connectivity index (χ1v) is 8.64. The van der Waals surface area contributed by atoms with Crippen LogP contribution in [0.3, 0.4) is 0 Å². The number of rotatable bonds is 7. The van der Waals surface area contributed by atoms with E-state index in [0.29, 0.717) is 6.04 Å². The summed E-state index contributed by atoms with van der Waals surface area (Å²) in [7, 11) is 1.73. The van der Waals surface area contributed by atoms with Crippen molar-refractivity contribution >= 4 is 0 Å². The molecule has 0 aromatic heterocycles. The smallest absolute Gasteiger partial charge is 0.118 e. The normalized spacial score (nSPS) is 23.8. The lowest BCUT2D eigenvalue weighted by molar-refractivity contribution is 0.175. The molecule has 2 heteroatoms. The molecule has 1 aliphatic carbocycles. The Balaban J connectivity index is 2.06. The molecule has 0 saturated heterocycles. The van der Waals surface area contributed by atoms with Gasteiger partial charge in [0.05, 0.1) is 7.11 Å². The minimum Gasteiger partial charge on any atom is -0.497 e. The summed E-state index contributed by atoms with van der Waals surface area (Å²) in [5.74, 6) is 2.69. The number of hydrogen-bond donors (Lipinski definition) is 1. The number of nitrogens with one attached hydrogen (secondary N) is 1. The third-order valence-corrected chi connectivity index (χ3v) is 5.09. The second kappa shape index (κ2) is 8.43. The Labute approximate surface area is 130 Å². The van der Waals surface area contributed by atoms with Gasteiger partial charge in [0, 0.05) is 6.04 Å². The molecular weight excluding hydrogens is 258 g/mol. The van der Waals surface area contributed by atoms with Crippen LogP contribution in [0.1, 0.15) is 51.5 Å². The maximum atomic E-state index is 5.26. The summed E-state index contributed by atoms with van der Waals surface area (Å²) in [5.41, 5.74) is 1.42. The zero-order valence-electron chi connectivity index (χ0n) is 13.9. The summed E-state index contributed by atoms with van der Waals surface area (Å²) >= 11 is 0. The zero-order valence-corrected chi connectivity index (χ0v) is 13.9. The Hall–Kier alpha value is -1.02. The molecule has 1 aromatic rings. The van der Waals surface area contributed by atoms with E-state index in [9.17, 15) is 0 Å². The van der Waals surface area contributed by atoms with E-state index < -0.39 is 0 Å². The highest BCUT2D eigenvalue weighted by Gasteiger charge is 2.30. The molecule has 2 nitrogen and oxygen atoms in total. The first-order valence-electron chi connectivity index (χ1n) is 8.64. The number of methoxy groups -OCH3 is 1. The van der Waals surface area contributed by atoms with Crippen LogP contribution in [0.5, 0.6) is 5.75 Å². The largest absolute Gasteiger partial charge is 0.497 e. The van der Waals surface area contributed by atoms with Crippen molar-refractivity contribution in [3.8, 4) is 5.75 Å². The molecule has 2 rings (SSSR count). The van der Waals surface area contributed by atoms with E-state index >= 15 is 0 Å². The maximum absolute atomic E-state index is 5.26. The third kappa shape index (κ3) is 4.47. The van der Waals surface area contributed by atoms with Gasteiger partial charge < -0.3 is 10.1 Å². The van der Waals surface area contributed by atoms with Gasteiger partial charge in [-0.15, -0.1) is 0 Å². The van der Waals surface area contributed by atoms with Gasteiger partial charge in [-0.3, -0.25) is 0 Å². The van der Waals surface area contributed by atoms with Gasteiger partial charge in [-0.1, -0.05) is 51.7 Å². The first-order chi connectivity index (χ1) is 10.3. The molecule has 118 valence electrons. The van der Waals surface area contributed by atoms with E-state index in [2.05, 4.69) is 43.4 Å². The highest BCUT2D eigenvalue weighted by molar-refractivity contribution is 5.27. The molecular formula is C19H31NO. The van der Waals surface area contributed by atoms with Gasteiger partial charge in [-0.05, 0) is 48.9 Å². The van der Waals surface area contributed by atoms with Crippen LogP contribution < -0.4 is 10.1 Å². The average molecular weight is 289 g/mol. The molecule has 1 aliphatic rings. The van der Waals surface area contributed by atoms with E-state index in [1.54, 1.807) is 7.11 Å². The summed E-state index contributed by atoms with van der Waals surface area (Å²) in [4.78, 5) is 0. The van der Waals surface area contributed by atoms with Gasteiger partial charge in [-0.25, -0.2) is 0 Å². The predicted octanol–water partition coefficient (Wildman–Crippen LogP) is 4.43. The van der Waals surface area contributed by atoms with Crippen LogP contribution in [0, 0.1) is 11.8 Å². The average Bonchev–Trinajstić information content (AvgIpc) is 2.55. The molecule has 0 spiro atoms. The fourth-order valence-corrected chi connectivity index (χ4v) is 3.93. The topological polar surface area (TPSA) is 21.3 Å². The van der Waals surface area contributed by atoms with Crippen molar-refractivity contribution in [3.63, 3.8) is 0 Å². The second-order valence-corrected chi connectivity index (χ2v) is 6.33. The molecule has 0 aliphatic heterocycles. The van der Waals surface area contributed by atoms with Crippen molar-refractivity contribution in [2.45, 2.75) is 58.4 Å². The summed E-state index contributed by atoms with van der Waals surface area (Å²) in [6.07, 6.45) is 8.12. The molecule has 3 atom stereocenters. The number of benzene rings is 1. The van der Waals surface area contributed by atoms with E-state index in [1.807, 2.05) is 0 Å². The highest BCUT2D eigenvalue weighted by Crippen LogP contribution is 2.35. The lowest BCUT2D eigenvalue weighted by atomic mass is 9.72. The fraction of sp³-hybridized carbons (Fsp3) is 0.684. The van der Waals surface area contributed by atoms with Gasteiger partial charge in [-0.2, -0.15) is 0 Å². The molecule has 0 heterocycles. The van der Waals surface area contributed by atoms with Gasteiger partial charge in [0.1, 0.15) is 5.75 Å². The van der Waals surface area contributed by atoms with Crippen molar-refractivity contribution in [1.82, 2.24) is 5.32 Å². The molecule has 0 bridgehead atoms. The first kappa shape index (κ1) is 16.4. The standard InChI is InChI=1S/C19H31NO/c1-4-16-8-6-7-9-18(16)19(20-5-2)14-15-10-12-17(21-3)13-11-15/h10-13,16,18-20H,4-9,14H2,1-3H3. The lowest BCUT2D eigenvalue weighted by Crippen LogP contribution is -2.42. The van der Waals surface area contributed by atoms with Crippen LogP contribution in [0.2, 0.25) is 0 Å². The van der Waals surface area contributed by atoms with E-state index in [1.165, 1.54) is 37.7 Å². The van der Waals surface area contributed by atoms with Crippen molar-refractivity contribution in [3.05, 3.63) is 29.8 Å². The highest BCUT2D eigenvalue weighted by atomic mass is 16.5. The lowest BCUT2D eigenvalue weighted by Gasteiger charge is -2.37. The van der Waals surface area contributed by atoms with Crippen molar-refractivity contribution in [2.75, 3.05) is 13.7 Å². The Kier molecular flexibility index (Phi) is 6.56. The van der Waals surface area contributed by atoms with Gasteiger partial charge in [0.25, 0.3) is 0 Å². The monoisotopic (exact) mass is 289 g/mol. The SMILES string of the molecule is CCNC(Cc1ccc(OC)cc1)C1CCCCC1CC. The van der Waals surface area contributed by atoms with Crippen LogP contribution in [-0.2, 0) is 6.42 Å². The quantitative estimate of drug-likeness (QED) is 0.801. The van der Waals surface area contributed by atoms with Crippen LogP contribution >= 0.6 is 0 Å². The molecule has 3 unspecified atom stereocenters. The molecule has 0 radical (unpaired) electrons. The van der Waals surface area contributed by atoms with Gasteiger partial charge in [0.15, 0.2) is 0 Å². The molecule has 1 aromatic carbocycles. The van der Waals surface area contributed by atoms with Crippen LogP contribution in [0.4, 0.5) is 0 Å². The van der Waals surface area contributed by atoms with Gasteiger partial charge in [0.2, 0.25) is 0 Å². The molecule has 1 fully saturated rings. The second-order valence-electron chi connectivity index (χ2n) is 6.33. The maximum Gasteiger partial charge on any atom is 0.118 e. The summed E-state index contributed by atoms with van der Waals surface area (Å²) in [5, 5.41) is 3.76. The number of ether oxygens (including phenoxy) is 1. The van der Waals surface area contributed by atoms with Crippen LogP contribution in [-0.4, -0.2) is 19.7 Å². The molecule has 0 amide bonds. The minimum atomic E-state index is 0.619. The van der Waals surface area contributed by atoms with Gasteiger partial charge >= 0.3 is 0 Å². The molecule has 21 heavy (non-hydrogen) atoms. The van der Waals surface area contributed by atoms with Crippen molar-refractivity contribution in [1.29, 1.82) is 0 Å². The van der Waals surface area contributed by atoms with Crippen molar-refractivity contribution in [2.24, 2.45) is 11.8 Å². The Morgan fingerprint density at radius 3 is 2.48 bits per heavy atom. The van der Waals surface area contributed by atoms with Crippen LogP contribution in [0.15, 0.2) is 24.3 Å². The van der Waals surface area contributed by atoms with E-state index in [-0.39, 0.29) is 0 Å². The summed E-state index contributed by atoms with van der Waals surface area (Å²) in [6.45, 7) is 5.65. The fourth-order valence-electron chi connectivity index (χ4n) is 3.93. The Morgan fingerprint density at radius 2 is 1.86 bits per heavy atom. The number of hydrogen-bond acceptors (Lipinski definition) is 2. The summed E-state index contributed by atoms with van der Waals surface area (Å²) < 4.78 is 5.26. The Bertz CT molecular complexity index is 401. The number of likely N-dealkylation sites (N-methyl/N-ethyl adjacent to an activating group) is 1. The van der Waals surface area contributed by atoms with E-state index in [0.717, 1.165) is 30.6 Å². The predicted molar refractivity (Wildman–Crippen MR) is 89.9 cm³/mol. The molecule has 1 saturated carbocycles.